The van der Waals surface area contributed by atoms with E-state index in [4.69, 9.17) is 0 Å². The topological polar surface area (TPSA) is 69.5 Å². The van der Waals surface area contributed by atoms with Gasteiger partial charge in [0.05, 0.1) is 10.2 Å². The number of phenolic OH excluding ortho intramolecular Hbond substituents is 1. The zero-order valence-electron chi connectivity index (χ0n) is 15.3. The fourth-order valence-electron chi connectivity index (χ4n) is 2.85. The molecule has 3 N–H and O–H groups in total. The molecule has 1 aromatic heterocycles. The van der Waals surface area contributed by atoms with Gasteiger partial charge in [0.25, 0.3) is 0 Å². The maximum atomic E-state index is 9.85. The Bertz CT molecular complexity index is 979. The average molecular weight is 399 g/mol. The minimum absolute atomic E-state index is 0.0238. The number of anilines is 2. The fraction of sp³-hybridized carbons (Fsp3) is 0.300. The number of amidine groups is 1. The average Bonchev–Trinajstić information content (AvgIpc) is 3.20. The lowest BCUT2D eigenvalue weighted by Crippen LogP contribution is -2.15. The number of nitrogens with one attached hydrogen (secondary N) is 2. The maximum absolute atomic E-state index is 9.85. The smallest absolute Gasteiger partial charge is 0.183 e. The van der Waals surface area contributed by atoms with Crippen molar-refractivity contribution in [2.24, 2.45) is 4.99 Å². The molecule has 2 heterocycles. The summed E-state index contributed by atoms with van der Waals surface area (Å²) in [7, 11) is 0. The highest BCUT2D eigenvalue weighted by Gasteiger charge is 2.25. The molecule has 0 bridgehead atoms. The number of rotatable bonds is 5. The lowest BCUT2D eigenvalue weighted by atomic mass is 10.1. The second kappa shape index (κ2) is 7.40. The van der Waals surface area contributed by atoms with E-state index < -0.39 is 0 Å². The molecule has 5 nitrogen and oxygen atoms in total. The van der Waals surface area contributed by atoms with Crippen molar-refractivity contribution in [1.82, 2.24) is 4.98 Å². The summed E-state index contributed by atoms with van der Waals surface area (Å²) >= 11 is 3.33. The number of thiazole rings is 1. The zero-order valence-corrected chi connectivity index (χ0v) is 17.0. The zero-order chi connectivity index (χ0) is 18.9. The third-order valence-electron chi connectivity index (χ3n) is 4.26. The lowest BCUT2D eigenvalue weighted by molar-refractivity contribution is 0.480. The van der Waals surface area contributed by atoms with Gasteiger partial charge in [0.2, 0.25) is 0 Å². The highest BCUT2D eigenvalue weighted by Crippen LogP contribution is 2.31. The number of nitrogens with zero attached hydrogens (tertiary/aromatic N) is 2. The van der Waals surface area contributed by atoms with Crippen molar-refractivity contribution in [2.45, 2.75) is 25.8 Å². The van der Waals surface area contributed by atoms with Gasteiger partial charge in [-0.25, -0.2) is 4.98 Å². The van der Waals surface area contributed by atoms with Gasteiger partial charge in [-0.05, 0) is 50.1 Å². The van der Waals surface area contributed by atoms with E-state index in [1.807, 2.05) is 12.1 Å². The van der Waals surface area contributed by atoms with Crippen molar-refractivity contribution in [1.29, 1.82) is 0 Å². The number of aromatic hydroxyl groups is 1. The molecule has 3 aromatic rings. The second-order valence-electron chi connectivity index (χ2n) is 7.16. The molecule has 0 saturated heterocycles. The van der Waals surface area contributed by atoms with Crippen LogP contribution >= 0.6 is 23.1 Å². The molecule has 0 unspecified atom stereocenters. The van der Waals surface area contributed by atoms with E-state index in [2.05, 4.69) is 58.7 Å². The minimum Gasteiger partial charge on any atom is -0.506 e. The van der Waals surface area contributed by atoms with Crippen LogP contribution in [0.3, 0.4) is 0 Å². The van der Waals surface area contributed by atoms with Crippen LogP contribution in [0.5, 0.6) is 5.75 Å². The Kier molecular flexibility index (Phi) is 4.97. The minimum atomic E-state index is 0.0238. The van der Waals surface area contributed by atoms with Crippen molar-refractivity contribution in [2.75, 3.05) is 22.9 Å². The van der Waals surface area contributed by atoms with Crippen molar-refractivity contribution in [3.63, 3.8) is 0 Å². The number of hydrogen-bond donors (Lipinski definition) is 3. The quantitative estimate of drug-likeness (QED) is 0.567. The van der Waals surface area contributed by atoms with Crippen LogP contribution in [0.4, 0.5) is 10.8 Å². The maximum Gasteiger partial charge on any atom is 0.183 e. The molecule has 0 atom stereocenters. The standard InChI is InChI=1S/C20H22N4OS2/c1-20(2)12-26-19(24-20)22-14-8-6-13(7-9-14)10-11-21-18-23-17-15(25)4-3-5-16(17)27-18/h3-9,25H,10-12H2,1-2H3,(H,21,23)(H,22,24). The number of fused-ring (bicyclic) bond motifs is 1. The number of hydrogen-bond acceptors (Lipinski definition) is 7. The highest BCUT2D eigenvalue weighted by atomic mass is 32.2. The van der Waals surface area contributed by atoms with E-state index in [1.165, 1.54) is 5.56 Å². The molecule has 1 aliphatic rings. The molecular weight excluding hydrogens is 376 g/mol. The monoisotopic (exact) mass is 398 g/mol. The van der Waals surface area contributed by atoms with Gasteiger partial charge in [-0.15, -0.1) is 0 Å². The number of phenols is 1. The lowest BCUT2D eigenvalue weighted by Gasteiger charge is -2.09. The van der Waals surface area contributed by atoms with Crippen LogP contribution in [-0.4, -0.2) is 33.1 Å². The molecule has 2 aromatic carbocycles. The number of benzene rings is 2. The number of aliphatic imine (C=N–C) groups is 1. The van der Waals surface area contributed by atoms with Crippen LogP contribution in [0.15, 0.2) is 47.5 Å². The van der Waals surface area contributed by atoms with Crippen LogP contribution in [0, 0.1) is 0 Å². The molecule has 0 amide bonds. The summed E-state index contributed by atoms with van der Waals surface area (Å²) in [6.07, 6.45) is 0.908. The van der Waals surface area contributed by atoms with Crippen LogP contribution < -0.4 is 10.6 Å². The molecule has 0 saturated carbocycles. The van der Waals surface area contributed by atoms with E-state index in [1.54, 1.807) is 29.2 Å². The number of thioether (sulfide) groups is 1. The van der Waals surface area contributed by atoms with Gasteiger partial charge >= 0.3 is 0 Å². The van der Waals surface area contributed by atoms with Gasteiger partial charge in [-0.1, -0.05) is 41.3 Å². The Morgan fingerprint density at radius 1 is 1.15 bits per heavy atom. The van der Waals surface area contributed by atoms with Crippen molar-refractivity contribution in [3.05, 3.63) is 48.0 Å². The Hall–Kier alpha value is -2.25. The first-order chi connectivity index (χ1) is 13.0. The number of para-hydroxylation sites is 1. The first-order valence-electron chi connectivity index (χ1n) is 8.90. The van der Waals surface area contributed by atoms with E-state index in [0.29, 0.717) is 5.52 Å². The Morgan fingerprint density at radius 2 is 1.96 bits per heavy atom. The first kappa shape index (κ1) is 18.1. The van der Waals surface area contributed by atoms with Crippen molar-refractivity contribution < 1.29 is 5.11 Å². The molecule has 7 heteroatoms. The van der Waals surface area contributed by atoms with E-state index in [0.717, 1.165) is 39.4 Å². The van der Waals surface area contributed by atoms with E-state index in [9.17, 15) is 5.11 Å². The van der Waals surface area contributed by atoms with Crippen LogP contribution in [-0.2, 0) is 6.42 Å². The molecule has 140 valence electrons. The Morgan fingerprint density at radius 3 is 2.67 bits per heavy atom. The summed E-state index contributed by atoms with van der Waals surface area (Å²) in [6.45, 7) is 5.10. The normalized spacial score (nSPS) is 15.7. The molecule has 0 aliphatic carbocycles. The highest BCUT2D eigenvalue weighted by molar-refractivity contribution is 8.14. The van der Waals surface area contributed by atoms with Gasteiger partial charge in [0, 0.05) is 18.0 Å². The third-order valence-corrected chi connectivity index (χ3v) is 6.56. The number of aromatic nitrogens is 1. The van der Waals surface area contributed by atoms with Gasteiger partial charge in [-0.2, -0.15) is 0 Å². The largest absolute Gasteiger partial charge is 0.506 e. The van der Waals surface area contributed by atoms with Crippen LogP contribution in [0.2, 0.25) is 0 Å². The molecule has 1 aliphatic heterocycles. The van der Waals surface area contributed by atoms with Crippen molar-refractivity contribution >= 4 is 49.3 Å². The molecule has 4 rings (SSSR count). The van der Waals surface area contributed by atoms with E-state index in [-0.39, 0.29) is 11.3 Å². The molecule has 0 fully saturated rings. The van der Waals surface area contributed by atoms with Crippen molar-refractivity contribution in [3.8, 4) is 5.75 Å². The van der Waals surface area contributed by atoms with Gasteiger partial charge in [0.1, 0.15) is 11.3 Å². The van der Waals surface area contributed by atoms with Gasteiger partial charge in [0.15, 0.2) is 10.3 Å². The van der Waals surface area contributed by atoms with Crippen LogP contribution in [0.25, 0.3) is 10.2 Å². The molecule has 0 radical (unpaired) electrons. The van der Waals surface area contributed by atoms with Crippen LogP contribution in [0.1, 0.15) is 19.4 Å². The predicted octanol–water partition coefficient (Wildman–Crippen LogP) is 4.95. The summed E-state index contributed by atoms with van der Waals surface area (Å²) in [4.78, 5) is 9.14. The second-order valence-corrected chi connectivity index (χ2v) is 9.15. The Labute approximate surface area is 166 Å². The summed E-state index contributed by atoms with van der Waals surface area (Å²) in [6, 6.07) is 13.9. The molecule has 0 spiro atoms. The van der Waals surface area contributed by atoms with Gasteiger partial charge in [-0.3, -0.25) is 4.99 Å². The third kappa shape index (κ3) is 4.36. The molecule has 27 heavy (non-hydrogen) atoms. The molecular formula is C20H22N4OS2. The van der Waals surface area contributed by atoms with E-state index >= 15 is 0 Å². The SMILES string of the molecule is CC1(C)CSC(Nc2ccc(CCNc3nc4c(O)cccc4s3)cc2)=N1. The Balaban J connectivity index is 1.31. The summed E-state index contributed by atoms with van der Waals surface area (Å²) < 4.78 is 0.990. The first-order valence-corrected chi connectivity index (χ1v) is 10.7. The fourth-order valence-corrected chi connectivity index (χ4v) is 4.82. The summed E-state index contributed by atoms with van der Waals surface area (Å²) in [5.41, 5.74) is 3.02. The summed E-state index contributed by atoms with van der Waals surface area (Å²) in [5, 5.41) is 18.4. The van der Waals surface area contributed by atoms with Gasteiger partial charge < -0.3 is 15.7 Å². The summed E-state index contributed by atoms with van der Waals surface area (Å²) in [5.74, 6) is 1.25. The predicted molar refractivity (Wildman–Crippen MR) is 118 cm³/mol.